The normalized spacial score (nSPS) is 13.3. The van der Waals surface area contributed by atoms with E-state index in [4.69, 9.17) is 0 Å². The topological polar surface area (TPSA) is 37.6 Å². The zero-order chi connectivity index (χ0) is 18.5. The summed E-state index contributed by atoms with van der Waals surface area (Å²) < 4.78 is 15.1. The lowest BCUT2D eigenvalue weighted by Crippen LogP contribution is -2.28. The number of aryl methyl sites for hydroxylation is 1. The van der Waals surface area contributed by atoms with Crippen LogP contribution in [0.3, 0.4) is 0 Å². The zero-order valence-electron chi connectivity index (χ0n) is 14.6. The van der Waals surface area contributed by atoms with Gasteiger partial charge in [-0.05, 0) is 49.2 Å². The molecule has 0 saturated heterocycles. The number of hydrogen-bond acceptors (Lipinski definition) is 3. The van der Waals surface area contributed by atoms with Crippen LogP contribution in [-0.4, -0.2) is 21.8 Å². The van der Waals surface area contributed by atoms with E-state index in [0.29, 0.717) is 11.4 Å². The van der Waals surface area contributed by atoms with Crippen LogP contribution in [0.1, 0.15) is 20.9 Å². The molecule has 0 bridgehead atoms. The highest BCUT2D eigenvalue weighted by molar-refractivity contribution is 7.19. The third kappa shape index (κ3) is 2.56. The van der Waals surface area contributed by atoms with Crippen molar-refractivity contribution in [3.8, 4) is 11.3 Å². The fraction of sp³-hybridized carbons (Fsp3) is 0.143. The first-order valence-electron chi connectivity index (χ1n) is 8.76. The number of benzene rings is 2. The number of nitrogens with zero attached hydrogens (tertiary/aromatic N) is 3. The maximum Gasteiger partial charge on any atom is 0.270 e. The summed E-state index contributed by atoms with van der Waals surface area (Å²) in [5.74, 6) is -0.244. The SMILES string of the molecule is Cc1c(C(=O)N2CCc3ccccc32)sc2nc(-c3ccc(F)cc3)cn12. The van der Waals surface area contributed by atoms with Crippen molar-refractivity contribution in [2.75, 3.05) is 11.4 Å². The highest BCUT2D eigenvalue weighted by atomic mass is 32.1. The molecule has 2 aromatic heterocycles. The fourth-order valence-corrected chi connectivity index (χ4v) is 4.64. The van der Waals surface area contributed by atoms with Gasteiger partial charge >= 0.3 is 0 Å². The molecular weight excluding hydrogens is 361 g/mol. The molecule has 0 radical (unpaired) electrons. The summed E-state index contributed by atoms with van der Waals surface area (Å²) in [5, 5.41) is 0. The second kappa shape index (κ2) is 6.03. The van der Waals surface area contributed by atoms with Gasteiger partial charge in [-0.15, -0.1) is 0 Å². The second-order valence-electron chi connectivity index (χ2n) is 6.64. The smallest absolute Gasteiger partial charge is 0.270 e. The second-order valence-corrected chi connectivity index (χ2v) is 7.62. The van der Waals surface area contributed by atoms with Crippen molar-refractivity contribution in [2.24, 2.45) is 0 Å². The number of para-hydroxylation sites is 1. The van der Waals surface area contributed by atoms with Gasteiger partial charge in [-0.25, -0.2) is 9.37 Å². The molecule has 134 valence electrons. The van der Waals surface area contributed by atoms with Crippen LogP contribution in [0, 0.1) is 12.7 Å². The first-order chi connectivity index (χ1) is 13.1. The van der Waals surface area contributed by atoms with Crippen molar-refractivity contribution >= 4 is 27.9 Å². The summed E-state index contributed by atoms with van der Waals surface area (Å²) >= 11 is 1.40. The van der Waals surface area contributed by atoms with Crippen molar-refractivity contribution in [3.05, 3.63) is 76.7 Å². The van der Waals surface area contributed by atoms with Crippen LogP contribution in [0.5, 0.6) is 0 Å². The van der Waals surface area contributed by atoms with Gasteiger partial charge in [-0.1, -0.05) is 29.5 Å². The summed E-state index contributed by atoms with van der Waals surface area (Å²) in [5.41, 5.74) is 4.72. The highest BCUT2D eigenvalue weighted by Gasteiger charge is 2.28. The quantitative estimate of drug-likeness (QED) is 0.507. The molecule has 1 aliphatic heterocycles. The highest BCUT2D eigenvalue weighted by Crippen LogP contribution is 2.33. The molecule has 0 aliphatic carbocycles. The number of carbonyl (C=O) groups excluding carboxylic acids is 1. The largest absolute Gasteiger partial charge is 0.307 e. The number of amides is 1. The Balaban J connectivity index is 1.52. The van der Waals surface area contributed by atoms with Crippen LogP contribution in [0.2, 0.25) is 0 Å². The standard InChI is InChI=1S/C21H16FN3OS/c1-13-19(20(26)24-11-10-15-4-2-3-5-18(15)24)27-21-23-17(12-25(13)21)14-6-8-16(22)9-7-14/h2-9,12H,10-11H2,1H3. The number of rotatable bonds is 2. The molecule has 3 heterocycles. The Morgan fingerprint density at radius 3 is 2.70 bits per heavy atom. The molecule has 0 atom stereocenters. The third-order valence-corrected chi connectivity index (χ3v) is 6.17. The van der Waals surface area contributed by atoms with Crippen LogP contribution >= 0.6 is 11.3 Å². The third-order valence-electron chi connectivity index (χ3n) is 5.02. The first kappa shape index (κ1) is 16.2. The number of imidazole rings is 1. The predicted molar refractivity (Wildman–Crippen MR) is 105 cm³/mol. The molecule has 4 nitrogen and oxygen atoms in total. The van der Waals surface area contributed by atoms with E-state index in [1.54, 1.807) is 12.1 Å². The lowest BCUT2D eigenvalue weighted by atomic mass is 10.2. The molecule has 6 heteroatoms. The molecule has 1 aliphatic rings. The Bertz CT molecular complexity index is 1180. The van der Waals surface area contributed by atoms with Gasteiger partial charge in [0.05, 0.1) is 5.69 Å². The monoisotopic (exact) mass is 377 g/mol. The molecule has 5 rings (SSSR count). The average molecular weight is 377 g/mol. The zero-order valence-corrected chi connectivity index (χ0v) is 15.5. The van der Waals surface area contributed by atoms with E-state index in [0.717, 1.165) is 34.0 Å². The number of halogens is 1. The van der Waals surface area contributed by atoms with Crippen molar-refractivity contribution in [2.45, 2.75) is 13.3 Å². The van der Waals surface area contributed by atoms with Crippen LogP contribution in [-0.2, 0) is 6.42 Å². The summed E-state index contributed by atoms with van der Waals surface area (Å²) in [7, 11) is 0. The maximum absolute atomic E-state index is 13.1. The minimum Gasteiger partial charge on any atom is -0.307 e. The van der Waals surface area contributed by atoms with Crippen LogP contribution in [0.15, 0.2) is 54.7 Å². The van der Waals surface area contributed by atoms with Gasteiger partial charge in [-0.3, -0.25) is 9.20 Å². The molecule has 27 heavy (non-hydrogen) atoms. The maximum atomic E-state index is 13.1. The summed E-state index contributed by atoms with van der Waals surface area (Å²) in [6.45, 7) is 2.65. The van der Waals surface area contributed by atoms with E-state index in [1.165, 1.54) is 29.0 Å². The number of aromatic nitrogens is 2. The Labute approximate surface area is 159 Å². The van der Waals surface area contributed by atoms with Gasteiger partial charge in [0.2, 0.25) is 0 Å². The Morgan fingerprint density at radius 1 is 1.15 bits per heavy atom. The Morgan fingerprint density at radius 2 is 1.93 bits per heavy atom. The number of fused-ring (bicyclic) bond motifs is 2. The van der Waals surface area contributed by atoms with Gasteiger partial charge < -0.3 is 4.90 Å². The van der Waals surface area contributed by atoms with Crippen LogP contribution in [0.4, 0.5) is 10.1 Å². The van der Waals surface area contributed by atoms with Gasteiger partial charge in [0, 0.05) is 29.7 Å². The minimum absolute atomic E-state index is 0.0243. The minimum atomic E-state index is -0.269. The molecular formula is C21H16FN3OS. The Hall–Kier alpha value is -2.99. The molecule has 0 saturated carbocycles. The molecule has 0 N–H and O–H groups in total. The number of hydrogen-bond donors (Lipinski definition) is 0. The average Bonchev–Trinajstić information content (AvgIpc) is 3.36. The van der Waals surface area contributed by atoms with Crippen LogP contribution < -0.4 is 4.90 Å². The molecule has 0 fully saturated rings. The van der Waals surface area contributed by atoms with Gasteiger partial charge in [0.25, 0.3) is 5.91 Å². The van der Waals surface area contributed by atoms with E-state index < -0.39 is 0 Å². The predicted octanol–water partition coefficient (Wildman–Crippen LogP) is 4.71. The molecule has 0 unspecified atom stereocenters. The number of thiazole rings is 1. The van der Waals surface area contributed by atoms with Crippen LogP contribution in [0.25, 0.3) is 16.2 Å². The molecule has 0 spiro atoms. The number of anilines is 1. The summed E-state index contributed by atoms with van der Waals surface area (Å²) in [6, 6.07) is 14.3. The summed E-state index contributed by atoms with van der Waals surface area (Å²) in [6.07, 6.45) is 2.79. The molecule has 2 aromatic carbocycles. The van der Waals surface area contributed by atoms with Gasteiger partial charge in [0.15, 0.2) is 4.96 Å². The van der Waals surface area contributed by atoms with Gasteiger partial charge in [-0.2, -0.15) is 0 Å². The fourth-order valence-electron chi connectivity index (χ4n) is 3.58. The lowest BCUT2D eigenvalue weighted by molar-refractivity contribution is 0.0992. The van der Waals surface area contributed by atoms with Crippen molar-refractivity contribution in [3.63, 3.8) is 0 Å². The van der Waals surface area contributed by atoms with Gasteiger partial charge in [0.1, 0.15) is 10.7 Å². The van der Waals surface area contributed by atoms with E-state index in [9.17, 15) is 9.18 Å². The van der Waals surface area contributed by atoms with E-state index in [2.05, 4.69) is 11.1 Å². The molecule has 4 aromatic rings. The van der Waals surface area contributed by atoms with E-state index >= 15 is 0 Å². The van der Waals surface area contributed by atoms with E-state index in [1.807, 2.05) is 40.6 Å². The lowest BCUT2D eigenvalue weighted by Gasteiger charge is -2.16. The Kier molecular flexibility index (Phi) is 3.62. The van der Waals surface area contributed by atoms with Crippen molar-refractivity contribution < 1.29 is 9.18 Å². The molecule has 1 amide bonds. The van der Waals surface area contributed by atoms with E-state index in [-0.39, 0.29) is 11.7 Å². The van der Waals surface area contributed by atoms with Crippen molar-refractivity contribution in [1.29, 1.82) is 0 Å². The summed E-state index contributed by atoms with van der Waals surface area (Å²) in [4.78, 5) is 21.1. The first-order valence-corrected chi connectivity index (χ1v) is 9.57. The van der Waals surface area contributed by atoms with Crippen molar-refractivity contribution in [1.82, 2.24) is 9.38 Å². The number of carbonyl (C=O) groups is 1.